The van der Waals surface area contributed by atoms with Gasteiger partial charge in [-0.1, -0.05) is 12.1 Å². The lowest BCUT2D eigenvalue weighted by Gasteiger charge is -2.14. The monoisotopic (exact) mass is 467 g/mol. The Bertz CT molecular complexity index is 1290. The number of nitrogens with zero attached hydrogens (tertiary/aromatic N) is 2. The molecule has 0 bridgehead atoms. The molecule has 1 heterocycles. The summed E-state index contributed by atoms with van der Waals surface area (Å²) in [6.07, 6.45) is 0.0691. The van der Waals surface area contributed by atoms with Crippen LogP contribution in [-0.2, 0) is 11.2 Å². The van der Waals surface area contributed by atoms with Crippen molar-refractivity contribution in [2.45, 2.75) is 13.0 Å². The van der Waals surface area contributed by atoms with Crippen molar-refractivity contribution in [3.63, 3.8) is 0 Å². The molecule has 1 N–H and O–H groups in total. The van der Waals surface area contributed by atoms with Gasteiger partial charge in [0.1, 0.15) is 5.82 Å². The zero-order chi connectivity index (χ0) is 24.2. The van der Waals surface area contributed by atoms with Gasteiger partial charge in [-0.25, -0.2) is 4.98 Å². The van der Waals surface area contributed by atoms with Gasteiger partial charge in [-0.15, -0.1) is 0 Å². The van der Waals surface area contributed by atoms with E-state index < -0.39 is 6.55 Å². The topological polar surface area (TPSA) is 74.6 Å². The maximum absolute atomic E-state index is 13.7. The molecule has 1 aromatic heterocycles. The van der Waals surface area contributed by atoms with Crippen molar-refractivity contribution in [3.05, 3.63) is 66.2 Å². The minimum absolute atomic E-state index is 0.0691. The molecule has 0 atom stereocenters. The Morgan fingerprint density at radius 1 is 0.971 bits per heavy atom. The third kappa shape index (κ3) is 4.50. The second-order valence-corrected chi connectivity index (χ2v) is 7.41. The maximum atomic E-state index is 13.7. The summed E-state index contributed by atoms with van der Waals surface area (Å²) >= 11 is 0. The third-order valence-electron chi connectivity index (χ3n) is 5.31. The van der Waals surface area contributed by atoms with Crippen molar-refractivity contribution in [2.75, 3.05) is 26.6 Å². The summed E-state index contributed by atoms with van der Waals surface area (Å²) in [4.78, 5) is 17.0. The highest BCUT2D eigenvalue weighted by molar-refractivity contribution is 5.92. The number of carbonyl (C=O) groups excluding carboxylic acids is 1. The van der Waals surface area contributed by atoms with E-state index >= 15 is 0 Å². The van der Waals surface area contributed by atoms with Crippen molar-refractivity contribution in [3.8, 4) is 28.6 Å². The van der Waals surface area contributed by atoms with E-state index in [4.69, 9.17) is 14.2 Å². The molecule has 3 aromatic carbocycles. The maximum Gasteiger partial charge on any atom is 0.320 e. The quantitative estimate of drug-likeness (QED) is 0.380. The van der Waals surface area contributed by atoms with Gasteiger partial charge in [0.2, 0.25) is 11.7 Å². The molecule has 0 saturated heterocycles. The fraction of sp³-hybridized carbons (Fsp3) is 0.200. The number of alkyl halides is 2. The van der Waals surface area contributed by atoms with Crippen molar-refractivity contribution >= 4 is 22.6 Å². The summed E-state index contributed by atoms with van der Waals surface area (Å²) in [5.74, 6) is 1.25. The van der Waals surface area contributed by atoms with Gasteiger partial charge in [0.05, 0.1) is 38.8 Å². The van der Waals surface area contributed by atoms with Crippen molar-refractivity contribution in [1.82, 2.24) is 9.55 Å². The second kappa shape index (κ2) is 9.78. The summed E-state index contributed by atoms with van der Waals surface area (Å²) < 4.78 is 44.3. The van der Waals surface area contributed by atoms with Crippen LogP contribution in [0.1, 0.15) is 12.1 Å². The smallest absolute Gasteiger partial charge is 0.320 e. The number of anilines is 1. The van der Waals surface area contributed by atoms with Gasteiger partial charge in [0.25, 0.3) is 0 Å². The highest BCUT2D eigenvalue weighted by Gasteiger charge is 2.19. The number of amides is 1. The fourth-order valence-electron chi connectivity index (χ4n) is 3.78. The summed E-state index contributed by atoms with van der Waals surface area (Å²) in [6.45, 7) is -2.74. The average molecular weight is 467 g/mol. The first kappa shape index (κ1) is 23.0. The van der Waals surface area contributed by atoms with Crippen molar-refractivity contribution in [2.24, 2.45) is 0 Å². The van der Waals surface area contributed by atoms with Gasteiger partial charge < -0.3 is 19.5 Å². The van der Waals surface area contributed by atoms with E-state index in [9.17, 15) is 13.6 Å². The van der Waals surface area contributed by atoms with E-state index in [-0.39, 0.29) is 18.2 Å². The lowest BCUT2D eigenvalue weighted by atomic mass is 10.1. The van der Waals surface area contributed by atoms with Crippen LogP contribution in [0, 0.1) is 0 Å². The molecular weight excluding hydrogens is 444 g/mol. The Balaban J connectivity index is 1.52. The van der Waals surface area contributed by atoms with E-state index in [1.54, 1.807) is 60.7 Å². The molecular formula is C25H23F2N3O4. The number of nitrogens with one attached hydrogen (secondary N) is 1. The lowest BCUT2D eigenvalue weighted by Crippen LogP contribution is -2.14. The number of rotatable bonds is 8. The van der Waals surface area contributed by atoms with Crippen LogP contribution in [0.2, 0.25) is 0 Å². The number of carbonyl (C=O) groups is 1. The number of imidazole rings is 1. The Hall–Kier alpha value is -4.14. The number of ether oxygens (including phenoxy) is 3. The fourth-order valence-corrected chi connectivity index (χ4v) is 3.78. The number of aromatic nitrogens is 2. The molecule has 0 fully saturated rings. The molecule has 0 spiro atoms. The largest absolute Gasteiger partial charge is 0.493 e. The Labute approximate surface area is 194 Å². The number of hydrogen-bond acceptors (Lipinski definition) is 5. The normalized spacial score (nSPS) is 11.0. The predicted octanol–water partition coefficient (Wildman–Crippen LogP) is 5.31. The molecule has 7 nitrogen and oxygen atoms in total. The van der Waals surface area contributed by atoms with Crippen LogP contribution in [0.4, 0.5) is 14.5 Å². The Morgan fingerprint density at radius 3 is 2.21 bits per heavy atom. The molecule has 0 radical (unpaired) electrons. The summed E-state index contributed by atoms with van der Waals surface area (Å²) in [6, 6.07) is 16.8. The van der Waals surface area contributed by atoms with Gasteiger partial charge in [-0.05, 0) is 54.1 Å². The SMILES string of the molecule is COc1cc(CC(=O)Nc2ccc(-c3nc4ccccc4n3C(F)F)cc2)cc(OC)c1OC. The molecule has 0 saturated carbocycles. The van der Waals surface area contributed by atoms with Crippen LogP contribution in [-0.4, -0.2) is 36.8 Å². The predicted molar refractivity (Wildman–Crippen MR) is 125 cm³/mol. The van der Waals surface area contributed by atoms with Crippen LogP contribution in [0.25, 0.3) is 22.4 Å². The molecule has 4 rings (SSSR count). The summed E-state index contributed by atoms with van der Waals surface area (Å²) in [5, 5.41) is 2.81. The van der Waals surface area contributed by atoms with Crippen LogP contribution in [0.15, 0.2) is 60.7 Å². The van der Waals surface area contributed by atoms with E-state index in [1.807, 2.05) is 0 Å². The molecule has 1 amide bonds. The number of hydrogen-bond donors (Lipinski definition) is 1. The van der Waals surface area contributed by atoms with Crippen LogP contribution in [0.5, 0.6) is 17.2 Å². The lowest BCUT2D eigenvalue weighted by molar-refractivity contribution is -0.115. The van der Waals surface area contributed by atoms with Gasteiger partial charge in [0, 0.05) is 11.3 Å². The first-order valence-corrected chi connectivity index (χ1v) is 10.4. The van der Waals surface area contributed by atoms with Gasteiger partial charge in [-0.2, -0.15) is 8.78 Å². The summed E-state index contributed by atoms with van der Waals surface area (Å²) in [7, 11) is 4.52. The second-order valence-electron chi connectivity index (χ2n) is 7.41. The first-order chi connectivity index (χ1) is 16.4. The zero-order valence-electron chi connectivity index (χ0n) is 18.8. The first-order valence-electron chi connectivity index (χ1n) is 10.4. The van der Waals surface area contributed by atoms with Gasteiger partial charge in [-0.3, -0.25) is 9.36 Å². The molecule has 9 heteroatoms. The molecule has 0 aliphatic rings. The standard InChI is InChI=1S/C25H23F2N3O4/c1-32-20-12-15(13-21(33-2)23(20)34-3)14-22(31)28-17-10-8-16(9-11-17)24-29-18-6-4-5-7-19(18)30(24)25(26)27/h4-13,25H,14H2,1-3H3,(H,28,31). The molecule has 0 aliphatic carbocycles. The van der Waals surface area contributed by atoms with Gasteiger partial charge in [0.15, 0.2) is 11.5 Å². The van der Waals surface area contributed by atoms with E-state index in [2.05, 4.69) is 10.3 Å². The minimum Gasteiger partial charge on any atom is -0.493 e. The molecule has 4 aromatic rings. The zero-order valence-corrected chi connectivity index (χ0v) is 18.8. The Morgan fingerprint density at radius 2 is 1.62 bits per heavy atom. The number of methoxy groups -OCH3 is 3. The number of fused-ring (bicyclic) bond motifs is 1. The number of halogens is 2. The van der Waals surface area contributed by atoms with E-state index in [1.165, 1.54) is 21.3 Å². The van der Waals surface area contributed by atoms with Crippen molar-refractivity contribution in [1.29, 1.82) is 0 Å². The highest BCUT2D eigenvalue weighted by atomic mass is 19.3. The molecule has 0 unspecified atom stereocenters. The number of para-hydroxylation sites is 2. The molecule has 0 aliphatic heterocycles. The van der Waals surface area contributed by atoms with E-state index in [0.29, 0.717) is 45.1 Å². The van der Waals surface area contributed by atoms with Gasteiger partial charge >= 0.3 is 6.55 Å². The van der Waals surface area contributed by atoms with Crippen LogP contribution in [0.3, 0.4) is 0 Å². The van der Waals surface area contributed by atoms with Crippen molar-refractivity contribution < 1.29 is 27.8 Å². The van der Waals surface area contributed by atoms with E-state index in [0.717, 1.165) is 4.57 Å². The number of benzene rings is 3. The van der Waals surface area contributed by atoms with Crippen LogP contribution < -0.4 is 19.5 Å². The third-order valence-corrected chi connectivity index (χ3v) is 5.31. The molecule has 176 valence electrons. The minimum atomic E-state index is -2.74. The highest BCUT2D eigenvalue weighted by Crippen LogP contribution is 2.38. The Kier molecular flexibility index (Phi) is 6.62. The average Bonchev–Trinajstić information content (AvgIpc) is 3.23. The summed E-state index contributed by atoms with van der Waals surface area (Å²) in [5.41, 5.74) is 2.56. The van der Waals surface area contributed by atoms with Crippen LogP contribution >= 0.6 is 0 Å². The molecule has 34 heavy (non-hydrogen) atoms.